The van der Waals surface area contributed by atoms with Crippen molar-refractivity contribution in [1.82, 2.24) is 10.3 Å². The maximum Gasteiger partial charge on any atom is 0.316 e. The number of ether oxygens (including phenoxy) is 1. The van der Waals surface area contributed by atoms with Gasteiger partial charge in [-0.15, -0.1) is 0 Å². The Bertz CT molecular complexity index is 893. The van der Waals surface area contributed by atoms with Crippen LogP contribution in [0.5, 0.6) is 0 Å². The van der Waals surface area contributed by atoms with Crippen molar-refractivity contribution in [3.8, 4) is 0 Å². The van der Waals surface area contributed by atoms with E-state index in [0.29, 0.717) is 10.8 Å². The van der Waals surface area contributed by atoms with Gasteiger partial charge in [0.25, 0.3) is 11.1 Å². The van der Waals surface area contributed by atoms with Gasteiger partial charge in [0.1, 0.15) is 11.3 Å². The molecule has 0 fully saturated rings. The van der Waals surface area contributed by atoms with Crippen LogP contribution < -0.4 is 5.32 Å². The predicted octanol–water partition coefficient (Wildman–Crippen LogP) is 3.60. The monoisotopic (exact) mass is 398 g/mol. The van der Waals surface area contributed by atoms with Gasteiger partial charge in [-0.1, -0.05) is 54.2 Å². The van der Waals surface area contributed by atoms with Gasteiger partial charge in [0.05, 0.1) is 0 Å². The average Bonchev–Trinajstić information content (AvgIpc) is 3.13. The van der Waals surface area contributed by atoms with Crippen LogP contribution in [0, 0.1) is 0 Å². The van der Waals surface area contributed by atoms with Gasteiger partial charge in [0, 0.05) is 6.04 Å². The van der Waals surface area contributed by atoms with E-state index in [1.165, 1.54) is 5.56 Å². The molecule has 2 aromatic carbocycles. The van der Waals surface area contributed by atoms with Crippen molar-refractivity contribution in [2.24, 2.45) is 0 Å². The molecule has 3 rings (SSSR count). The van der Waals surface area contributed by atoms with E-state index < -0.39 is 5.97 Å². The number of aryl methyl sites for hydroxylation is 1. The van der Waals surface area contributed by atoms with Gasteiger partial charge in [-0.2, -0.15) is 0 Å². The van der Waals surface area contributed by atoms with Crippen molar-refractivity contribution in [3.63, 3.8) is 0 Å². The lowest BCUT2D eigenvalue weighted by Gasteiger charge is -2.14. The number of oxazole rings is 1. The number of benzene rings is 2. The molecule has 0 bridgehead atoms. The van der Waals surface area contributed by atoms with Gasteiger partial charge < -0.3 is 14.5 Å². The second kappa shape index (κ2) is 9.94. The molecule has 146 valence electrons. The Morgan fingerprint density at radius 3 is 2.68 bits per heavy atom. The molecule has 3 aromatic rings. The van der Waals surface area contributed by atoms with Crippen molar-refractivity contribution in [3.05, 3.63) is 60.2 Å². The average molecular weight is 398 g/mol. The first-order valence-corrected chi connectivity index (χ1v) is 10.1. The number of fused-ring (bicyclic) bond motifs is 1. The third-order valence-corrected chi connectivity index (χ3v) is 4.87. The molecule has 0 spiro atoms. The van der Waals surface area contributed by atoms with E-state index in [1.54, 1.807) is 0 Å². The highest BCUT2D eigenvalue weighted by atomic mass is 32.2. The maximum atomic E-state index is 11.9. The number of nitrogens with zero attached hydrogens (tertiary/aromatic N) is 1. The Hall–Kier alpha value is -2.80. The molecule has 0 saturated carbocycles. The van der Waals surface area contributed by atoms with Crippen molar-refractivity contribution < 1.29 is 18.7 Å². The van der Waals surface area contributed by atoms with Crippen molar-refractivity contribution in [2.75, 3.05) is 12.4 Å². The van der Waals surface area contributed by atoms with Crippen LogP contribution in [0.25, 0.3) is 11.1 Å². The van der Waals surface area contributed by atoms with E-state index in [0.717, 1.165) is 30.1 Å². The van der Waals surface area contributed by atoms with Crippen LogP contribution in [-0.4, -0.2) is 35.3 Å². The highest BCUT2D eigenvalue weighted by Gasteiger charge is 2.13. The van der Waals surface area contributed by atoms with Gasteiger partial charge >= 0.3 is 5.97 Å². The van der Waals surface area contributed by atoms with Gasteiger partial charge in [0.15, 0.2) is 12.2 Å². The second-order valence-electron chi connectivity index (χ2n) is 6.39. The molecule has 0 radical (unpaired) electrons. The minimum Gasteiger partial charge on any atom is -0.455 e. The van der Waals surface area contributed by atoms with E-state index in [-0.39, 0.29) is 24.3 Å². The first-order valence-electron chi connectivity index (χ1n) is 9.07. The Labute approximate surface area is 167 Å². The molecule has 28 heavy (non-hydrogen) atoms. The van der Waals surface area contributed by atoms with Crippen molar-refractivity contribution in [2.45, 2.75) is 31.0 Å². The topological polar surface area (TPSA) is 81.4 Å². The Balaban J connectivity index is 1.33. The number of amides is 1. The number of rotatable bonds is 9. The number of carbonyl (C=O) groups excluding carboxylic acids is 2. The molecule has 1 N–H and O–H groups in total. The van der Waals surface area contributed by atoms with Gasteiger partial charge in [-0.3, -0.25) is 9.59 Å². The Kier molecular flexibility index (Phi) is 7.08. The second-order valence-corrected chi connectivity index (χ2v) is 7.32. The number of hydrogen-bond donors (Lipinski definition) is 1. The van der Waals surface area contributed by atoms with Crippen LogP contribution in [0.2, 0.25) is 0 Å². The summed E-state index contributed by atoms with van der Waals surface area (Å²) < 4.78 is 10.5. The molecule has 0 aliphatic carbocycles. The number of para-hydroxylation sites is 2. The number of esters is 1. The minimum absolute atomic E-state index is 0.000492. The third-order valence-electron chi connectivity index (χ3n) is 4.07. The molecule has 6 nitrogen and oxygen atoms in total. The smallest absolute Gasteiger partial charge is 0.316 e. The summed E-state index contributed by atoms with van der Waals surface area (Å²) in [5.41, 5.74) is 2.63. The molecule has 1 amide bonds. The van der Waals surface area contributed by atoms with Gasteiger partial charge in [-0.05, 0) is 37.5 Å². The summed E-state index contributed by atoms with van der Waals surface area (Å²) >= 11 is 1.14. The van der Waals surface area contributed by atoms with Crippen LogP contribution in [0.3, 0.4) is 0 Å². The van der Waals surface area contributed by atoms with Crippen LogP contribution in [0.1, 0.15) is 18.9 Å². The largest absolute Gasteiger partial charge is 0.455 e. The highest BCUT2D eigenvalue weighted by molar-refractivity contribution is 7.99. The molecule has 0 aliphatic heterocycles. The van der Waals surface area contributed by atoms with Crippen LogP contribution >= 0.6 is 11.8 Å². The third kappa shape index (κ3) is 6.13. The molecule has 1 atom stereocenters. The number of nitrogens with one attached hydrogen (secondary N) is 1. The lowest BCUT2D eigenvalue weighted by atomic mass is 10.1. The quantitative estimate of drug-likeness (QED) is 0.438. The minimum atomic E-state index is -0.487. The fourth-order valence-corrected chi connectivity index (χ4v) is 3.27. The van der Waals surface area contributed by atoms with E-state index in [9.17, 15) is 9.59 Å². The van der Waals surface area contributed by atoms with Crippen LogP contribution in [0.4, 0.5) is 0 Å². The van der Waals surface area contributed by atoms with E-state index in [2.05, 4.69) is 22.4 Å². The molecular formula is C21H22N2O4S. The fourth-order valence-electron chi connectivity index (χ4n) is 2.64. The maximum absolute atomic E-state index is 11.9. The number of carbonyl (C=O) groups is 2. The summed E-state index contributed by atoms with van der Waals surface area (Å²) in [6.45, 7) is 1.65. The zero-order valence-corrected chi connectivity index (χ0v) is 16.4. The molecule has 1 aromatic heterocycles. The summed E-state index contributed by atoms with van der Waals surface area (Å²) in [5, 5.41) is 3.24. The fraction of sp³-hybridized carbons (Fsp3) is 0.286. The molecule has 0 unspecified atom stereocenters. The van der Waals surface area contributed by atoms with E-state index in [1.807, 2.05) is 49.4 Å². The lowest BCUT2D eigenvalue weighted by molar-refractivity contribution is -0.146. The molecule has 1 heterocycles. The molecule has 7 heteroatoms. The van der Waals surface area contributed by atoms with Gasteiger partial charge in [0.2, 0.25) is 0 Å². The summed E-state index contributed by atoms with van der Waals surface area (Å²) in [7, 11) is 0. The summed E-state index contributed by atoms with van der Waals surface area (Å²) in [6.07, 6.45) is 1.69. The predicted molar refractivity (Wildman–Crippen MR) is 108 cm³/mol. The normalized spacial score (nSPS) is 11.9. The highest BCUT2D eigenvalue weighted by Crippen LogP contribution is 2.23. The van der Waals surface area contributed by atoms with Crippen LogP contribution in [-0.2, 0) is 20.7 Å². The van der Waals surface area contributed by atoms with Gasteiger partial charge in [-0.25, -0.2) is 4.98 Å². The van der Waals surface area contributed by atoms with Crippen molar-refractivity contribution >= 4 is 34.7 Å². The summed E-state index contributed by atoms with van der Waals surface area (Å²) in [5.74, 6) is -0.760. The van der Waals surface area contributed by atoms with Crippen molar-refractivity contribution in [1.29, 1.82) is 0 Å². The Morgan fingerprint density at radius 2 is 1.89 bits per heavy atom. The van der Waals surface area contributed by atoms with E-state index >= 15 is 0 Å². The number of thioether (sulfide) groups is 1. The zero-order valence-electron chi connectivity index (χ0n) is 15.6. The number of hydrogen-bond acceptors (Lipinski definition) is 6. The Morgan fingerprint density at radius 1 is 1.14 bits per heavy atom. The SMILES string of the molecule is C[C@H](CCc1ccccc1)NC(=O)COC(=O)CSc1nc2ccccc2o1. The molecule has 0 aliphatic rings. The first kappa shape index (κ1) is 19.9. The molecule has 0 saturated heterocycles. The van der Waals surface area contributed by atoms with E-state index in [4.69, 9.17) is 9.15 Å². The van der Waals surface area contributed by atoms with Crippen LogP contribution in [0.15, 0.2) is 64.2 Å². The zero-order chi connectivity index (χ0) is 19.8. The summed E-state index contributed by atoms with van der Waals surface area (Å²) in [4.78, 5) is 28.0. The summed E-state index contributed by atoms with van der Waals surface area (Å²) in [6, 6.07) is 17.5. The lowest BCUT2D eigenvalue weighted by Crippen LogP contribution is -2.36. The first-order chi connectivity index (χ1) is 13.6. The molecular weight excluding hydrogens is 376 g/mol. The standard InChI is InChI=1S/C21H22N2O4S/c1-15(11-12-16-7-3-2-4-8-16)22-19(24)13-26-20(25)14-28-21-23-17-9-5-6-10-18(17)27-21/h2-10,15H,11-14H2,1H3,(H,22,24)/t15-/m1/s1. The number of aromatic nitrogens is 1.